The topological polar surface area (TPSA) is 86.4 Å². The summed E-state index contributed by atoms with van der Waals surface area (Å²) in [6.45, 7) is 4.62. The number of benzene rings is 1. The number of amides is 2. The van der Waals surface area contributed by atoms with Crippen LogP contribution in [0.3, 0.4) is 0 Å². The van der Waals surface area contributed by atoms with Crippen molar-refractivity contribution in [1.82, 2.24) is 20.5 Å². The van der Waals surface area contributed by atoms with Crippen LogP contribution in [0.25, 0.3) is 0 Å². The molecule has 2 amide bonds. The van der Waals surface area contributed by atoms with Gasteiger partial charge in [0.05, 0.1) is 13.1 Å². The quantitative estimate of drug-likeness (QED) is 0.674. The number of carbonyl (C=O) groups is 2. The maximum absolute atomic E-state index is 12.4. The number of aromatic nitrogens is 1. The van der Waals surface area contributed by atoms with E-state index in [9.17, 15) is 9.59 Å². The molecule has 2 aromatic rings. The van der Waals surface area contributed by atoms with E-state index in [1.54, 1.807) is 6.20 Å². The Balaban J connectivity index is 1.51. The highest BCUT2D eigenvalue weighted by Crippen LogP contribution is 2.20. The van der Waals surface area contributed by atoms with Crippen molar-refractivity contribution in [3.63, 3.8) is 0 Å². The fourth-order valence-corrected chi connectivity index (χ4v) is 3.40. The number of piperazine rings is 1. The highest BCUT2D eigenvalue weighted by atomic mass is 16.2. The molecular weight excluding hydrogens is 354 g/mol. The third kappa shape index (κ3) is 5.37. The summed E-state index contributed by atoms with van der Waals surface area (Å²) in [6.07, 6.45) is 4.41. The van der Waals surface area contributed by atoms with E-state index in [4.69, 9.17) is 0 Å². The molecule has 1 aromatic carbocycles. The first kappa shape index (κ1) is 20.0. The van der Waals surface area contributed by atoms with Crippen LogP contribution in [0.4, 0.5) is 5.69 Å². The van der Waals surface area contributed by atoms with E-state index in [0.29, 0.717) is 0 Å². The first-order chi connectivity index (χ1) is 13.7. The normalized spacial score (nSPS) is 17.1. The zero-order valence-electron chi connectivity index (χ0n) is 16.1. The Labute approximate surface area is 165 Å². The second kappa shape index (κ2) is 9.96. The predicted octanol–water partition coefficient (Wildman–Crippen LogP) is 1.35. The molecule has 0 bridgehead atoms. The molecule has 1 aromatic heterocycles. The maximum Gasteiger partial charge on any atom is 0.243 e. The number of nitrogens with zero attached hydrogens (tertiary/aromatic N) is 2. The van der Waals surface area contributed by atoms with Crippen molar-refractivity contribution in [1.29, 1.82) is 0 Å². The Hall–Kier alpha value is -2.77. The van der Waals surface area contributed by atoms with Gasteiger partial charge in [-0.05, 0) is 29.7 Å². The average molecular weight is 381 g/mol. The van der Waals surface area contributed by atoms with Crippen LogP contribution in [0.2, 0.25) is 0 Å². The number of aryl methyl sites for hydroxylation is 1. The van der Waals surface area contributed by atoms with Crippen molar-refractivity contribution in [3.8, 4) is 0 Å². The van der Waals surface area contributed by atoms with E-state index in [-0.39, 0.29) is 30.9 Å². The first-order valence-corrected chi connectivity index (χ1v) is 9.66. The van der Waals surface area contributed by atoms with Gasteiger partial charge in [-0.3, -0.25) is 19.5 Å². The summed E-state index contributed by atoms with van der Waals surface area (Å²) in [5, 5.41) is 8.96. The zero-order valence-corrected chi connectivity index (χ0v) is 16.1. The van der Waals surface area contributed by atoms with Gasteiger partial charge in [-0.25, -0.2) is 0 Å². The highest BCUT2D eigenvalue weighted by Gasteiger charge is 2.25. The van der Waals surface area contributed by atoms with Gasteiger partial charge in [0.2, 0.25) is 11.8 Å². The van der Waals surface area contributed by atoms with Crippen LogP contribution in [0.15, 0.2) is 48.8 Å². The lowest BCUT2D eigenvalue weighted by Crippen LogP contribution is -2.50. The molecular formula is C21H27N5O2. The zero-order chi connectivity index (χ0) is 19.8. The standard InChI is InChI=1S/C21H27N5O2/c1-2-16-6-3-4-8-18(16)25-20(27)14-24-21(28)15-26-11-10-23-13-19(26)17-7-5-9-22-12-17/h3-9,12,19,23H,2,10-11,13-15H2,1H3,(H,24,28)(H,25,27). The second-order valence-electron chi connectivity index (χ2n) is 6.81. The molecule has 3 N–H and O–H groups in total. The minimum Gasteiger partial charge on any atom is -0.346 e. The molecule has 2 heterocycles. The summed E-state index contributed by atoms with van der Waals surface area (Å²) < 4.78 is 0. The molecule has 28 heavy (non-hydrogen) atoms. The monoisotopic (exact) mass is 381 g/mol. The summed E-state index contributed by atoms with van der Waals surface area (Å²) in [4.78, 5) is 30.9. The van der Waals surface area contributed by atoms with E-state index in [1.165, 1.54) is 0 Å². The third-order valence-electron chi connectivity index (χ3n) is 4.89. The summed E-state index contributed by atoms with van der Waals surface area (Å²) in [7, 11) is 0. The van der Waals surface area contributed by atoms with Crippen LogP contribution in [-0.4, -0.2) is 54.4 Å². The molecule has 1 atom stereocenters. The molecule has 1 unspecified atom stereocenters. The second-order valence-corrected chi connectivity index (χ2v) is 6.81. The Morgan fingerprint density at radius 3 is 2.86 bits per heavy atom. The smallest absolute Gasteiger partial charge is 0.243 e. The molecule has 3 rings (SSSR count). The summed E-state index contributed by atoms with van der Waals surface area (Å²) >= 11 is 0. The molecule has 1 aliphatic rings. The fourth-order valence-electron chi connectivity index (χ4n) is 3.40. The van der Waals surface area contributed by atoms with Crippen molar-refractivity contribution >= 4 is 17.5 Å². The number of rotatable bonds is 7. The molecule has 0 spiro atoms. The SMILES string of the molecule is CCc1ccccc1NC(=O)CNC(=O)CN1CCNCC1c1cccnc1. The van der Waals surface area contributed by atoms with E-state index >= 15 is 0 Å². The molecule has 148 valence electrons. The number of para-hydroxylation sites is 1. The van der Waals surface area contributed by atoms with Gasteiger partial charge in [0, 0.05) is 43.8 Å². The van der Waals surface area contributed by atoms with Crippen molar-refractivity contribution < 1.29 is 9.59 Å². The number of pyridine rings is 1. The number of hydrogen-bond acceptors (Lipinski definition) is 5. The first-order valence-electron chi connectivity index (χ1n) is 9.66. The Morgan fingerprint density at radius 1 is 1.21 bits per heavy atom. The minimum absolute atomic E-state index is 0.0411. The third-order valence-corrected chi connectivity index (χ3v) is 4.89. The van der Waals surface area contributed by atoms with Crippen molar-refractivity contribution in [3.05, 3.63) is 59.9 Å². The summed E-state index contributed by atoms with van der Waals surface area (Å²) in [6, 6.07) is 11.7. The van der Waals surface area contributed by atoms with Crippen LogP contribution < -0.4 is 16.0 Å². The molecule has 0 radical (unpaired) electrons. The number of hydrogen-bond donors (Lipinski definition) is 3. The largest absolute Gasteiger partial charge is 0.346 e. The van der Waals surface area contributed by atoms with Crippen LogP contribution >= 0.6 is 0 Å². The van der Waals surface area contributed by atoms with E-state index < -0.39 is 0 Å². The van der Waals surface area contributed by atoms with Gasteiger partial charge in [-0.15, -0.1) is 0 Å². The van der Waals surface area contributed by atoms with Gasteiger partial charge < -0.3 is 16.0 Å². The lowest BCUT2D eigenvalue weighted by Gasteiger charge is -2.35. The van der Waals surface area contributed by atoms with E-state index in [2.05, 4.69) is 25.8 Å². The van der Waals surface area contributed by atoms with Crippen molar-refractivity contribution in [2.24, 2.45) is 0 Å². The Morgan fingerprint density at radius 2 is 2.07 bits per heavy atom. The van der Waals surface area contributed by atoms with Gasteiger partial charge in [0.25, 0.3) is 0 Å². The van der Waals surface area contributed by atoms with Crippen LogP contribution in [0.5, 0.6) is 0 Å². The Bertz CT molecular complexity index is 796. The van der Waals surface area contributed by atoms with E-state index in [0.717, 1.165) is 42.9 Å². The van der Waals surface area contributed by atoms with Gasteiger partial charge in [-0.1, -0.05) is 31.2 Å². The summed E-state index contributed by atoms with van der Waals surface area (Å²) in [5.74, 6) is -0.381. The van der Waals surface area contributed by atoms with Gasteiger partial charge in [-0.2, -0.15) is 0 Å². The molecule has 1 aliphatic heterocycles. The highest BCUT2D eigenvalue weighted by molar-refractivity contribution is 5.95. The van der Waals surface area contributed by atoms with Crippen molar-refractivity contribution in [2.45, 2.75) is 19.4 Å². The van der Waals surface area contributed by atoms with Crippen molar-refractivity contribution in [2.75, 3.05) is 38.0 Å². The van der Waals surface area contributed by atoms with Gasteiger partial charge in [0.1, 0.15) is 0 Å². The van der Waals surface area contributed by atoms with Gasteiger partial charge >= 0.3 is 0 Å². The average Bonchev–Trinajstić information content (AvgIpc) is 2.74. The predicted molar refractivity (Wildman–Crippen MR) is 109 cm³/mol. The molecule has 0 saturated carbocycles. The molecule has 1 saturated heterocycles. The molecule has 1 fully saturated rings. The molecule has 7 nitrogen and oxygen atoms in total. The molecule has 0 aliphatic carbocycles. The number of carbonyl (C=O) groups excluding carboxylic acids is 2. The van der Waals surface area contributed by atoms with Crippen LogP contribution in [0, 0.1) is 0 Å². The minimum atomic E-state index is -0.224. The summed E-state index contributed by atoms with van der Waals surface area (Å²) in [5.41, 5.74) is 2.95. The van der Waals surface area contributed by atoms with Crippen LogP contribution in [-0.2, 0) is 16.0 Å². The van der Waals surface area contributed by atoms with E-state index in [1.807, 2.05) is 49.5 Å². The number of anilines is 1. The molecule has 7 heteroatoms. The maximum atomic E-state index is 12.4. The van der Waals surface area contributed by atoms with Gasteiger partial charge in [0.15, 0.2) is 0 Å². The Kier molecular flexibility index (Phi) is 7.11. The lowest BCUT2D eigenvalue weighted by atomic mass is 10.1. The number of nitrogens with one attached hydrogen (secondary N) is 3. The fraction of sp³-hybridized carbons (Fsp3) is 0.381. The van der Waals surface area contributed by atoms with Crippen LogP contribution in [0.1, 0.15) is 24.1 Å². The lowest BCUT2D eigenvalue weighted by molar-refractivity contribution is -0.125.